The van der Waals surface area contributed by atoms with Gasteiger partial charge in [-0.05, 0) is 22.8 Å². The van der Waals surface area contributed by atoms with E-state index in [9.17, 15) is 19.2 Å². The number of nitrogen functional groups attached to an aromatic ring is 1. The minimum Gasteiger partial charge on any atom is -0.457 e. The Morgan fingerprint density at radius 2 is 1.77 bits per heavy atom. The second-order valence-corrected chi connectivity index (χ2v) is 7.00. The Morgan fingerprint density at radius 1 is 1.07 bits per heavy atom. The summed E-state index contributed by atoms with van der Waals surface area (Å²) in [6.07, 6.45) is 0.581. The van der Waals surface area contributed by atoms with Gasteiger partial charge in [-0.15, -0.1) is 0 Å². The van der Waals surface area contributed by atoms with Gasteiger partial charge < -0.3 is 10.5 Å². The molecular formula is C22H23N3O5. The van der Waals surface area contributed by atoms with E-state index < -0.39 is 29.6 Å². The summed E-state index contributed by atoms with van der Waals surface area (Å²) in [5.41, 5.74) is 4.92. The van der Waals surface area contributed by atoms with Crippen LogP contribution in [0.15, 0.2) is 52.1 Å². The van der Waals surface area contributed by atoms with Crippen molar-refractivity contribution >= 4 is 28.3 Å². The van der Waals surface area contributed by atoms with Crippen LogP contribution in [0.1, 0.15) is 29.3 Å². The molecule has 0 aliphatic carbocycles. The van der Waals surface area contributed by atoms with Crippen molar-refractivity contribution in [1.29, 1.82) is 0 Å². The normalized spacial score (nSPS) is 10.9. The first-order valence-electron chi connectivity index (χ1n) is 9.59. The van der Waals surface area contributed by atoms with E-state index >= 15 is 0 Å². The molecule has 2 aromatic carbocycles. The standard InChI is InChI=1S/C22H23N3O5/c1-3-10-25-20(23)19(21(28)24(2)22(25)29)17(26)13-30-18(27)12-14-8-9-15-6-4-5-7-16(15)11-14/h4-9,11H,3,10,12-13,23H2,1-2H3. The molecule has 2 N–H and O–H groups in total. The predicted octanol–water partition coefficient (Wildman–Crippen LogP) is 1.66. The van der Waals surface area contributed by atoms with Crippen molar-refractivity contribution < 1.29 is 14.3 Å². The van der Waals surface area contributed by atoms with Crippen LogP contribution in [-0.2, 0) is 29.5 Å². The molecule has 0 saturated carbocycles. The SMILES string of the molecule is CCCn1c(N)c(C(=O)COC(=O)Cc2ccc3ccccc3c2)c(=O)n(C)c1=O. The summed E-state index contributed by atoms with van der Waals surface area (Å²) in [5.74, 6) is -1.55. The lowest BCUT2D eigenvalue weighted by Crippen LogP contribution is -2.43. The second kappa shape index (κ2) is 8.77. The first kappa shape index (κ1) is 21.0. The summed E-state index contributed by atoms with van der Waals surface area (Å²) in [5, 5.41) is 2.05. The van der Waals surface area contributed by atoms with Crippen LogP contribution in [0.2, 0.25) is 0 Å². The van der Waals surface area contributed by atoms with Crippen molar-refractivity contribution in [3.05, 3.63) is 74.4 Å². The van der Waals surface area contributed by atoms with Crippen LogP contribution in [0.3, 0.4) is 0 Å². The highest BCUT2D eigenvalue weighted by Gasteiger charge is 2.22. The number of aromatic nitrogens is 2. The first-order valence-corrected chi connectivity index (χ1v) is 9.59. The number of esters is 1. The van der Waals surface area contributed by atoms with Gasteiger partial charge in [0.05, 0.1) is 6.42 Å². The third-order valence-electron chi connectivity index (χ3n) is 4.84. The van der Waals surface area contributed by atoms with E-state index in [0.717, 1.165) is 20.9 Å². The van der Waals surface area contributed by atoms with E-state index in [4.69, 9.17) is 10.5 Å². The Kier molecular flexibility index (Phi) is 6.15. The lowest BCUT2D eigenvalue weighted by atomic mass is 10.1. The highest BCUT2D eigenvalue weighted by molar-refractivity contribution is 6.01. The van der Waals surface area contributed by atoms with Gasteiger partial charge in [0.2, 0.25) is 5.78 Å². The van der Waals surface area contributed by atoms with Gasteiger partial charge in [-0.2, -0.15) is 0 Å². The summed E-state index contributed by atoms with van der Waals surface area (Å²) < 4.78 is 7.08. The van der Waals surface area contributed by atoms with Crippen molar-refractivity contribution in [3.8, 4) is 0 Å². The quantitative estimate of drug-likeness (QED) is 0.469. The average Bonchev–Trinajstić information content (AvgIpc) is 2.74. The van der Waals surface area contributed by atoms with E-state index in [1.165, 1.54) is 11.6 Å². The van der Waals surface area contributed by atoms with Crippen LogP contribution in [0.4, 0.5) is 5.82 Å². The minimum atomic E-state index is -0.805. The Bertz CT molecular complexity index is 1240. The van der Waals surface area contributed by atoms with Gasteiger partial charge in [0.1, 0.15) is 11.4 Å². The number of benzene rings is 2. The molecule has 3 rings (SSSR count). The topological polar surface area (TPSA) is 113 Å². The van der Waals surface area contributed by atoms with Crippen LogP contribution < -0.4 is 17.0 Å². The summed E-state index contributed by atoms with van der Waals surface area (Å²) in [4.78, 5) is 49.3. The fraction of sp³-hybridized carbons (Fsp3) is 0.273. The fourth-order valence-electron chi connectivity index (χ4n) is 3.27. The number of carbonyl (C=O) groups is 2. The number of nitrogens with two attached hydrogens (primary N) is 1. The number of anilines is 1. The molecule has 30 heavy (non-hydrogen) atoms. The smallest absolute Gasteiger partial charge is 0.332 e. The molecule has 0 atom stereocenters. The summed E-state index contributed by atoms with van der Waals surface area (Å²) >= 11 is 0. The Hall–Kier alpha value is -3.68. The third kappa shape index (κ3) is 4.17. The summed E-state index contributed by atoms with van der Waals surface area (Å²) in [6, 6.07) is 13.4. The second-order valence-electron chi connectivity index (χ2n) is 7.00. The van der Waals surface area contributed by atoms with E-state index in [2.05, 4.69) is 0 Å². The molecule has 0 unspecified atom stereocenters. The monoisotopic (exact) mass is 409 g/mol. The van der Waals surface area contributed by atoms with Crippen LogP contribution >= 0.6 is 0 Å². The molecule has 0 amide bonds. The molecule has 0 aliphatic heterocycles. The first-order chi connectivity index (χ1) is 14.3. The molecule has 156 valence electrons. The predicted molar refractivity (Wildman–Crippen MR) is 114 cm³/mol. The van der Waals surface area contributed by atoms with Crippen LogP contribution in [0.5, 0.6) is 0 Å². The van der Waals surface area contributed by atoms with Crippen LogP contribution in [0.25, 0.3) is 10.8 Å². The van der Waals surface area contributed by atoms with Gasteiger partial charge in [0.15, 0.2) is 6.61 Å². The highest BCUT2D eigenvalue weighted by atomic mass is 16.5. The number of hydrogen-bond acceptors (Lipinski definition) is 6. The van der Waals surface area contributed by atoms with Gasteiger partial charge in [-0.3, -0.25) is 23.5 Å². The third-order valence-corrected chi connectivity index (χ3v) is 4.84. The zero-order valence-electron chi connectivity index (χ0n) is 16.9. The number of nitrogens with zero attached hydrogens (tertiary/aromatic N) is 2. The maximum atomic E-state index is 12.6. The molecule has 0 spiro atoms. The minimum absolute atomic E-state index is 0.0130. The molecule has 3 aromatic rings. The largest absolute Gasteiger partial charge is 0.457 e. The molecule has 8 heteroatoms. The van der Waals surface area contributed by atoms with E-state index in [1.54, 1.807) is 0 Å². The lowest BCUT2D eigenvalue weighted by Gasteiger charge is -2.14. The Balaban J connectivity index is 1.74. The zero-order valence-corrected chi connectivity index (χ0v) is 16.9. The maximum absolute atomic E-state index is 12.6. The van der Waals surface area contributed by atoms with E-state index in [-0.39, 0.29) is 24.3 Å². The molecule has 0 saturated heterocycles. The molecule has 0 aliphatic rings. The van der Waals surface area contributed by atoms with Crippen molar-refractivity contribution in [2.45, 2.75) is 26.3 Å². The van der Waals surface area contributed by atoms with Crippen molar-refractivity contribution in [3.63, 3.8) is 0 Å². The van der Waals surface area contributed by atoms with Crippen LogP contribution in [0, 0.1) is 0 Å². The Labute approximate surface area is 172 Å². The van der Waals surface area contributed by atoms with Crippen molar-refractivity contribution in [2.75, 3.05) is 12.3 Å². The molecule has 0 fully saturated rings. The van der Waals surface area contributed by atoms with Gasteiger partial charge in [0.25, 0.3) is 5.56 Å². The van der Waals surface area contributed by atoms with Gasteiger partial charge in [0, 0.05) is 13.6 Å². The van der Waals surface area contributed by atoms with Gasteiger partial charge in [-0.1, -0.05) is 49.4 Å². The number of rotatable bonds is 7. The van der Waals surface area contributed by atoms with E-state index in [0.29, 0.717) is 6.42 Å². The number of fused-ring (bicyclic) bond motifs is 1. The number of ketones is 1. The zero-order chi connectivity index (χ0) is 21.8. The fourth-order valence-corrected chi connectivity index (χ4v) is 3.27. The number of carbonyl (C=O) groups excluding carboxylic acids is 2. The molecule has 1 heterocycles. The van der Waals surface area contributed by atoms with Crippen molar-refractivity contribution in [1.82, 2.24) is 9.13 Å². The number of ether oxygens (including phenoxy) is 1. The van der Waals surface area contributed by atoms with Gasteiger partial charge >= 0.3 is 11.7 Å². The van der Waals surface area contributed by atoms with Crippen LogP contribution in [-0.4, -0.2) is 27.5 Å². The number of Topliss-reactive ketones (excluding diaryl/α,β-unsaturated/α-hetero) is 1. The number of hydrogen-bond donors (Lipinski definition) is 1. The van der Waals surface area contributed by atoms with Gasteiger partial charge in [-0.25, -0.2) is 4.79 Å². The molecule has 1 aromatic heterocycles. The molecular weight excluding hydrogens is 386 g/mol. The Morgan fingerprint density at radius 3 is 2.47 bits per heavy atom. The molecule has 8 nitrogen and oxygen atoms in total. The van der Waals surface area contributed by atoms with Crippen molar-refractivity contribution in [2.24, 2.45) is 7.05 Å². The highest BCUT2D eigenvalue weighted by Crippen LogP contribution is 2.16. The molecule has 0 radical (unpaired) electrons. The summed E-state index contributed by atoms with van der Waals surface area (Å²) in [7, 11) is 1.28. The summed E-state index contributed by atoms with van der Waals surface area (Å²) in [6.45, 7) is 1.48. The van der Waals surface area contributed by atoms with E-state index in [1.807, 2.05) is 49.4 Å². The maximum Gasteiger partial charge on any atom is 0.332 e. The lowest BCUT2D eigenvalue weighted by molar-refractivity contribution is -0.141. The average molecular weight is 409 g/mol. The molecule has 0 bridgehead atoms.